The van der Waals surface area contributed by atoms with Gasteiger partial charge in [-0.2, -0.15) is 10.5 Å². The maximum atomic E-state index is 8.89. The van der Waals surface area contributed by atoms with Crippen LogP contribution >= 0.6 is 0 Å². The summed E-state index contributed by atoms with van der Waals surface area (Å²) in [6, 6.07) is 18.6. The van der Waals surface area contributed by atoms with E-state index in [0.717, 1.165) is 25.7 Å². The summed E-state index contributed by atoms with van der Waals surface area (Å²) in [4.78, 5) is 0. The van der Waals surface area contributed by atoms with Gasteiger partial charge in [0, 0.05) is 14.1 Å². The molecule has 8 nitrogen and oxygen atoms in total. The molecule has 1 aliphatic carbocycles. The number of benzene rings is 2. The Balaban J connectivity index is 1.66. The fraction of sp³-hybridized carbons (Fsp3) is 0.364. The molecule has 0 spiro atoms. The Morgan fingerprint density at radius 2 is 1.07 bits per heavy atom. The molecule has 0 radical (unpaired) electrons. The van der Waals surface area contributed by atoms with Crippen molar-refractivity contribution in [2.45, 2.75) is 37.8 Å². The molecule has 0 N–H and O–H groups in total. The number of rotatable bonds is 6. The van der Waals surface area contributed by atoms with E-state index >= 15 is 0 Å². The molecule has 2 unspecified atom stereocenters. The fourth-order valence-electron chi connectivity index (χ4n) is 3.55. The molecular formula is C22H24N8. The average Bonchev–Trinajstić information content (AvgIpc) is 2.81. The first-order chi connectivity index (χ1) is 14.6. The highest BCUT2D eigenvalue weighted by molar-refractivity contribution is 5.42. The highest BCUT2D eigenvalue weighted by atomic mass is 15.6. The number of nitriles is 2. The summed E-state index contributed by atoms with van der Waals surface area (Å²) in [6.07, 6.45) is 4.28. The molecule has 0 heterocycles. The third kappa shape index (κ3) is 5.39. The van der Waals surface area contributed by atoms with Crippen LogP contribution in [0.3, 0.4) is 0 Å². The number of nitrogens with zero attached hydrogens (tertiary/aromatic N) is 8. The van der Waals surface area contributed by atoms with Crippen LogP contribution in [0.2, 0.25) is 0 Å². The lowest BCUT2D eigenvalue weighted by atomic mass is 9.90. The molecule has 0 saturated heterocycles. The van der Waals surface area contributed by atoms with E-state index in [1.54, 1.807) is 48.5 Å². The van der Waals surface area contributed by atoms with Crippen molar-refractivity contribution in [2.75, 3.05) is 14.1 Å². The third-order valence-corrected chi connectivity index (χ3v) is 5.25. The van der Waals surface area contributed by atoms with E-state index in [2.05, 4.69) is 32.8 Å². The van der Waals surface area contributed by atoms with Gasteiger partial charge < -0.3 is 0 Å². The van der Waals surface area contributed by atoms with Gasteiger partial charge in [0.25, 0.3) is 0 Å². The Morgan fingerprint density at radius 1 is 0.700 bits per heavy atom. The predicted octanol–water partition coefficient (Wildman–Crippen LogP) is 5.30. The first kappa shape index (κ1) is 20.9. The molecule has 0 aliphatic heterocycles. The smallest absolute Gasteiger partial charge is 0.0991 e. The van der Waals surface area contributed by atoms with Gasteiger partial charge in [0.05, 0.1) is 46.7 Å². The van der Waals surface area contributed by atoms with E-state index in [9.17, 15) is 0 Å². The minimum Gasteiger partial charge on any atom is -0.276 e. The SMILES string of the molecule is CN(N=Nc1ccc(C#N)cc1)C1CCCCC1N(C)N=Nc1ccc(C#N)cc1. The van der Waals surface area contributed by atoms with Gasteiger partial charge in [-0.15, -0.1) is 10.2 Å². The van der Waals surface area contributed by atoms with E-state index in [0.29, 0.717) is 22.5 Å². The third-order valence-electron chi connectivity index (χ3n) is 5.25. The standard InChI is InChI=1S/C22H24N8/c1-29(27-25-19-11-7-17(15-23)8-12-19)21-5-3-4-6-22(21)30(2)28-26-20-13-9-18(16-24)10-14-20/h7-14,21-22H,3-6H2,1-2H3. The Morgan fingerprint density at radius 3 is 1.40 bits per heavy atom. The number of hydrogen-bond acceptors (Lipinski definition) is 6. The highest BCUT2D eigenvalue weighted by Gasteiger charge is 2.31. The Hall–Kier alpha value is -3.78. The van der Waals surface area contributed by atoms with Crippen molar-refractivity contribution < 1.29 is 0 Å². The second-order valence-corrected chi connectivity index (χ2v) is 7.26. The van der Waals surface area contributed by atoms with Crippen molar-refractivity contribution in [1.82, 2.24) is 10.0 Å². The van der Waals surface area contributed by atoms with Crippen LogP contribution in [0.1, 0.15) is 36.8 Å². The van der Waals surface area contributed by atoms with Crippen molar-refractivity contribution in [1.29, 1.82) is 10.5 Å². The molecule has 2 aromatic carbocycles. The van der Waals surface area contributed by atoms with Gasteiger partial charge in [0.2, 0.25) is 0 Å². The molecule has 0 amide bonds. The molecule has 3 rings (SSSR count). The molecular weight excluding hydrogens is 376 g/mol. The molecule has 152 valence electrons. The van der Waals surface area contributed by atoms with Crippen molar-refractivity contribution in [2.24, 2.45) is 20.7 Å². The average molecular weight is 400 g/mol. The zero-order valence-corrected chi connectivity index (χ0v) is 17.2. The van der Waals surface area contributed by atoms with Crippen molar-refractivity contribution >= 4 is 11.4 Å². The molecule has 1 saturated carbocycles. The van der Waals surface area contributed by atoms with Crippen LogP contribution in [0.5, 0.6) is 0 Å². The van der Waals surface area contributed by atoms with Crippen molar-refractivity contribution in [3.8, 4) is 12.1 Å². The molecule has 30 heavy (non-hydrogen) atoms. The van der Waals surface area contributed by atoms with Crippen molar-refractivity contribution in [3.05, 3.63) is 59.7 Å². The zero-order valence-electron chi connectivity index (χ0n) is 17.2. The number of hydrogen-bond donors (Lipinski definition) is 0. The normalized spacial score (nSPS) is 18.8. The summed E-state index contributed by atoms with van der Waals surface area (Å²) in [5.41, 5.74) is 2.62. The van der Waals surface area contributed by atoms with Crippen LogP contribution in [-0.2, 0) is 0 Å². The molecule has 0 aromatic heterocycles. The molecule has 2 aromatic rings. The van der Waals surface area contributed by atoms with E-state index in [1.807, 2.05) is 24.1 Å². The van der Waals surface area contributed by atoms with E-state index in [1.165, 1.54) is 0 Å². The second kappa shape index (κ2) is 10.1. The lowest BCUT2D eigenvalue weighted by Crippen LogP contribution is -2.47. The van der Waals surface area contributed by atoms with Crippen LogP contribution in [0.4, 0.5) is 11.4 Å². The van der Waals surface area contributed by atoms with Crippen LogP contribution < -0.4 is 0 Å². The summed E-state index contributed by atoms with van der Waals surface area (Å²) in [7, 11) is 3.86. The molecule has 2 atom stereocenters. The van der Waals surface area contributed by atoms with Gasteiger partial charge in [-0.3, -0.25) is 10.0 Å². The quantitative estimate of drug-likeness (QED) is 0.484. The maximum Gasteiger partial charge on any atom is 0.0991 e. The Kier molecular flexibility index (Phi) is 7.07. The Bertz CT molecular complexity index is 885. The van der Waals surface area contributed by atoms with Crippen LogP contribution in [0.15, 0.2) is 69.2 Å². The highest BCUT2D eigenvalue weighted by Crippen LogP contribution is 2.27. The van der Waals surface area contributed by atoms with Gasteiger partial charge in [-0.25, -0.2) is 0 Å². The van der Waals surface area contributed by atoms with Gasteiger partial charge in [-0.1, -0.05) is 23.3 Å². The van der Waals surface area contributed by atoms with Gasteiger partial charge in [0.15, 0.2) is 0 Å². The summed E-state index contributed by atoms with van der Waals surface area (Å²) in [5.74, 6) is 0. The lowest BCUT2D eigenvalue weighted by Gasteiger charge is -2.38. The lowest BCUT2D eigenvalue weighted by molar-refractivity contribution is 0.0721. The van der Waals surface area contributed by atoms with Crippen LogP contribution in [0.25, 0.3) is 0 Å². The Labute approximate surface area is 176 Å². The first-order valence-corrected chi connectivity index (χ1v) is 9.90. The van der Waals surface area contributed by atoms with E-state index in [4.69, 9.17) is 10.5 Å². The monoisotopic (exact) mass is 400 g/mol. The largest absolute Gasteiger partial charge is 0.276 e. The van der Waals surface area contributed by atoms with Crippen LogP contribution in [-0.4, -0.2) is 36.2 Å². The fourth-order valence-corrected chi connectivity index (χ4v) is 3.55. The molecule has 8 heteroatoms. The molecule has 1 aliphatic rings. The second-order valence-electron chi connectivity index (χ2n) is 7.26. The summed E-state index contributed by atoms with van der Waals surface area (Å²) in [5, 5.41) is 39.0. The van der Waals surface area contributed by atoms with E-state index in [-0.39, 0.29) is 12.1 Å². The molecule has 1 fully saturated rings. The van der Waals surface area contributed by atoms with Gasteiger partial charge >= 0.3 is 0 Å². The number of likely N-dealkylation sites (N-methyl/N-ethyl adjacent to an activating group) is 2. The summed E-state index contributed by atoms with van der Waals surface area (Å²) in [6.45, 7) is 0. The maximum absolute atomic E-state index is 8.89. The first-order valence-electron chi connectivity index (χ1n) is 9.90. The molecule has 0 bridgehead atoms. The summed E-state index contributed by atoms with van der Waals surface area (Å²) >= 11 is 0. The minimum absolute atomic E-state index is 0.172. The zero-order chi connectivity index (χ0) is 21.3. The van der Waals surface area contributed by atoms with Crippen molar-refractivity contribution in [3.63, 3.8) is 0 Å². The van der Waals surface area contributed by atoms with Gasteiger partial charge in [0.1, 0.15) is 0 Å². The summed E-state index contributed by atoms with van der Waals surface area (Å²) < 4.78 is 0. The van der Waals surface area contributed by atoms with E-state index < -0.39 is 0 Å². The van der Waals surface area contributed by atoms with Gasteiger partial charge in [-0.05, 0) is 61.4 Å². The van der Waals surface area contributed by atoms with Crippen LogP contribution in [0, 0.1) is 22.7 Å². The topological polar surface area (TPSA) is 104 Å². The minimum atomic E-state index is 0.172. The predicted molar refractivity (Wildman–Crippen MR) is 113 cm³/mol.